The number of nitrogen functional groups attached to an aromatic ring is 1. The maximum absolute atomic E-state index is 12.1. The van der Waals surface area contributed by atoms with Gasteiger partial charge in [0.15, 0.2) is 0 Å². The number of aromatic nitrogens is 1. The van der Waals surface area contributed by atoms with Crippen LogP contribution in [-0.4, -0.2) is 25.0 Å². The predicted octanol–water partition coefficient (Wildman–Crippen LogP) is 2.98. The molecule has 0 unspecified atom stereocenters. The van der Waals surface area contributed by atoms with Crippen molar-refractivity contribution in [2.45, 2.75) is 0 Å². The highest BCUT2D eigenvalue weighted by molar-refractivity contribution is 6.02. The van der Waals surface area contributed by atoms with Gasteiger partial charge in [0.2, 0.25) is 0 Å². The number of carbonyl (C=O) groups excluding carboxylic acids is 1. The van der Waals surface area contributed by atoms with Crippen LogP contribution < -0.4 is 20.5 Å². The molecule has 6 nitrogen and oxygen atoms in total. The summed E-state index contributed by atoms with van der Waals surface area (Å²) >= 11 is 0. The van der Waals surface area contributed by atoms with Crippen molar-refractivity contribution in [3.8, 4) is 17.2 Å². The summed E-state index contributed by atoms with van der Waals surface area (Å²) in [6.07, 6.45) is 1.65. The topological polar surface area (TPSA) is 86.5 Å². The molecule has 1 aromatic heterocycles. The molecule has 0 atom stereocenters. The van der Waals surface area contributed by atoms with Gasteiger partial charge in [0.05, 0.1) is 18.2 Å². The number of benzene rings is 2. The number of pyridine rings is 1. The number of ether oxygens (including phenoxy) is 2. The fraction of sp³-hybridized carbons (Fsp3) is 0.111. The minimum atomic E-state index is -0.240. The van der Waals surface area contributed by atoms with Gasteiger partial charge in [-0.05, 0) is 36.4 Å². The third-order valence-corrected chi connectivity index (χ3v) is 3.60. The smallest absolute Gasteiger partial charge is 0.254 e. The highest BCUT2D eigenvalue weighted by atomic mass is 16.5. The van der Waals surface area contributed by atoms with Crippen LogP contribution in [-0.2, 0) is 0 Å². The van der Waals surface area contributed by atoms with E-state index in [2.05, 4.69) is 10.3 Å². The fourth-order valence-corrected chi connectivity index (χ4v) is 2.38. The summed E-state index contributed by atoms with van der Waals surface area (Å²) in [6.45, 7) is 0. The monoisotopic (exact) mass is 323 g/mol. The minimum Gasteiger partial charge on any atom is -0.496 e. The number of nitrogens with one attached hydrogen (secondary N) is 1. The van der Waals surface area contributed by atoms with Gasteiger partial charge >= 0.3 is 0 Å². The second-order valence-corrected chi connectivity index (χ2v) is 5.13. The van der Waals surface area contributed by atoms with Crippen LogP contribution in [0.5, 0.6) is 17.2 Å². The van der Waals surface area contributed by atoms with Gasteiger partial charge in [-0.15, -0.1) is 0 Å². The van der Waals surface area contributed by atoms with Crippen molar-refractivity contribution >= 4 is 22.5 Å². The Morgan fingerprint density at radius 2 is 1.88 bits per heavy atom. The first-order valence-corrected chi connectivity index (χ1v) is 7.34. The van der Waals surface area contributed by atoms with Gasteiger partial charge in [0.1, 0.15) is 17.2 Å². The van der Waals surface area contributed by atoms with Crippen LogP contribution >= 0.6 is 0 Å². The Balaban J connectivity index is 2.11. The van der Waals surface area contributed by atoms with E-state index in [1.54, 1.807) is 55.7 Å². The highest BCUT2D eigenvalue weighted by Crippen LogP contribution is 2.33. The average molecular weight is 323 g/mol. The number of hydrogen-bond donors (Lipinski definition) is 2. The third kappa shape index (κ3) is 2.94. The van der Waals surface area contributed by atoms with Crippen molar-refractivity contribution in [1.29, 1.82) is 0 Å². The second-order valence-electron chi connectivity index (χ2n) is 5.13. The number of rotatable bonds is 4. The first-order valence-electron chi connectivity index (χ1n) is 7.34. The average Bonchev–Trinajstić information content (AvgIpc) is 2.62. The summed E-state index contributed by atoms with van der Waals surface area (Å²) < 4.78 is 11.2. The maximum Gasteiger partial charge on any atom is 0.254 e. The SMILES string of the molecule is CNC(=O)c1cc2c(Oc3ccc(N)cc3)ccnc2cc1OC. The Kier molecular flexibility index (Phi) is 4.20. The van der Waals surface area contributed by atoms with Crippen molar-refractivity contribution in [3.05, 3.63) is 54.2 Å². The molecular weight excluding hydrogens is 306 g/mol. The number of amides is 1. The van der Waals surface area contributed by atoms with Gasteiger partial charge in [-0.3, -0.25) is 9.78 Å². The lowest BCUT2D eigenvalue weighted by molar-refractivity contribution is 0.0960. The van der Waals surface area contributed by atoms with E-state index >= 15 is 0 Å². The van der Waals surface area contributed by atoms with Crippen LogP contribution in [0, 0.1) is 0 Å². The summed E-state index contributed by atoms with van der Waals surface area (Å²) in [5.41, 5.74) is 7.44. The van der Waals surface area contributed by atoms with Crippen molar-refractivity contribution < 1.29 is 14.3 Å². The summed E-state index contributed by atoms with van der Waals surface area (Å²) in [5.74, 6) is 1.46. The molecule has 3 aromatic rings. The molecule has 122 valence electrons. The molecule has 0 saturated carbocycles. The number of nitrogens with two attached hydrogens (primary N) is 1. The molecule has 1 heterocycles. The molecule has 1 amide bonds. The van der Waals surface area contributed by atoms with Gasteiger partial charge < -0.3 is 20.5 Å². The number of hydrogen-bond acceptors (Lipinski definition) is 5. The summed E-state index contributed by atoms with van der Waals surface area (Å²) in [6, 6.07) is 12.3. The largest absolute Gasteiger partial charge is 0.496 e. The zero-order valence-corrected chi connectivity index (χ0v) is 13.4. The molecule has 0 aliphatic rings. The standard InChI is InChI=1S/C18H17N3O3/c1-20-18(22)14-9-13-15(10-17(14)23-2)21-8-7-16(13)24-12-5-3-11(19)4-6-12/h3-10H,19H2,1-2H3,(H,20,22). The number of nitrogens with zero attached hydrogens (tertiary/aromatic N) is 1. The number of fused-ring (bicyclic) bond motifs is 1. The second kappa shape index (κ2) is 6.45. The summed E-state index contributed by atoms with van der Waals surface area (Å²) in [7, 11) is 3.09. The van der Waals surface area contributed by atoms with Gasteiger partial charge in [-0.25, -0.2) is 0 Å². The van der Waals surface area contributed by atoms with Crippen LogP contribution in [0.3, 0.4) is 0 Å². The lowest BCUT2D eigenvalue weighted by Crippen LogP contribution is -2.18. The van der Waals surface area contributed by atoms with Crippen molar-refractivity contribution in [2.24, 2.45) is 0 Å². The molecule has 0 radical (unpaired) electrons. The molecular formula is C18H17N3O3. The van der Waals surface area contributed by atoms with Crippen LogP contribution in [0.15, 0.2) is 48.7 Å². The molecule has 0 aliphatic heterocycles. The number of methoxy groups -OCH3 is 1. The first-order chi connectivity index (χ1) is 11.6. The number of anilines is 1. The molecule has 2 aromatic carbocycles. The number of carbonyl (C=O) groups is 1. The zero-order valence-electron chi connectivity index (χ0n) is 13.4. The van der Waals surface area contributed by atoms with E-state index in [4.69, 9.17) is 15.2 Å². The van der Waals surface area contributed by atoms with Crippen LogP contribution in [0.4, 0.5) is 5.69 Å². The van der Waals surface area contributed by atoms with E-state index < -0.39 is 0 Å². The van der Waals surface area contributed by atoms with E-state index in [9.17, 15) is 4.79 Å². The zero-order chi connectivity index (χ0) is 17.1. The molecule has 0 aliphatic carbocycles. The van der Waals surface area contributed by atoms with Crippen LogP contribution in [0.25, 0.3) is 10.9 Å². The third-order valence-electron chi connectivity index (χ3n) is 3.60. The Morgan fingerprint density at radius 1 is 1.12 bits per heavy atom. The fourth-order valence-electron chi connectivity index (χ4n) is 2.38. The molecule has 3 N–H and O–H groups in total. The Morgan fingerprint density at radius 3 is 2.54 bits per heavy atom. The van der Waals surface area contributed by atoms with Gasteiger partial charge in [0, 0.05) is 30.4 Å². The summed E-state index contributed by atoms with van der Waals surface area (Å²) in [5, 5.41) is 3.32. The van der Waals surface area contributed by atoms with Gasteiger partial charge in [0.25, 0.3) is 5.91 Å². The summed E-state index contributed by atoms with van der Waals surface area (Å²) in [4.78, 5) is 16.4. The lowest BCUT2D eigenvalue weighted by atomic mass is 10.1. The van der Waals surface area contributed by atoms with E-state index in [0.717, 1.165) is 0 Å². The van der Waals surface area contributed by atoms with E-state index in [0.29, 0.717) is 39.4 Å². The van der Waals surface area contributed by atoms with Crippen molar-refractivity contribution in [2.75, 3.05) is 19.9 Å². The molecule has 24 heavy (non-hydrogen) atoms. The van der Waals surface area contributed by atoms with E-state index in [1.807, 2.05) is 0 Å². The molecule has 0 bridgehead atoms. The Hall–Kier alpha value is -3.28. The lowest BCUT2D eigenvalue weighted by Gasteiger charge is -2.12. The van der Waals surface area contributed by atoms with Crippen LogP contribution in [0.1, 0.15) is 10.4 Å². The molecule has 6 heteroatoms. The quantitative estimate of drug-likeness (QED) is 0.721. The molecule has 0 spiro atoms. The van der Waals surface area contributed by atoms with Gasteiger partial charge in [-0.1, -0.05) is 0 Å². The van der Waals surface area contributed by atoms with E-state index in [-0.39, 0.29) is 5.91 Å². The molecule has 0 fully saturated rings. The highest BCUT2D eigenvalue weighted by Gasteiger charge is 2.15. The van der Waals surface area contributed by atoms with E-state index in [1.165, 1.54) is 7.11 Å². The first kappa shape index (κ1) is 15.6. The van der Waals surface area contributed by atoms with Crippen LogP contribution in [0.2, 0.25) is 0 Å². The minimum absolute atomic E-state index is 0.240. The van der Waals surface area contributed by atoms with Crippen molar-refractivity contribution in [1.82, 2.24) is 10.3 Å². The molecule has 0 saturated heterocycles. The van der Waals surface area contributed by atoms with Gasteiger partial charge in [-0.2, -0.15) is 0 Å². The Labute approximate surface area is 139 Å². The Bertz CT molecular complexity index is 892. The van der Waals surface area contributed by atoms with Crippen molar-refractivity contribution in [3.63, 3.8) is 0 Å². The maximum atomic E-state index is 12.1. The normalized spacial score (nSPS) is 10.4. The molecule has 3 rings (SSSR count). The predicted molar refractivity (Wildman–Crippen MR) is 92.6 cm³/mol.